The molecule has 19 heavy (non-hydrogen) atoms. The quantitative estimate of drug-likeness (QED) is 0.860. The van der Waals surface area contributed by atoms with Crippen molar-refractivity contribution in [2.75, 3.05) is 5.73 Å². The monoisotopic (exact) mass is 261 g/mol. The van der Waals surface area contributed by atoms with Crippen LogP contribution < -0.4 is 11.1 Å². The standard InChI is InChI=1S/C15H23N3O/c1-14(2,3)11-8-10(9-12(16)17-11)13(19)18-15(4)6-5-7-15/h8-9H,5-7H2,1-4H3,(H2,16,17)(H,18,19). The first-order chi connectivity index (χ1) is 8.70. The van der Waals surface area contributed by atoms with Crippen LogP contribution in [-0.2, 0) is 5.41 Å². The van der Waals surface area contributed by atoms with E-state index in [9.17, 15) is 4.79 Å². The van der Waals surface area contributed by atoms with Gasteiger partial charge in [0.25, 0.3) is 5.91 Å². The fraction of sp³-hybridized carbons (Fsp3) is 0.600. The lowest BCUT2D eigenvalue weighted by atomic mass is 9.78. The molecule has 3 N–H and O–H groups in total. The number of nitrogen functional groups attached to an aromatic ring is 1. The number of nitrogens with zero attached hydrogens (tertiary/aromatic N) is 1. The minimum atomic E-state index is -0.120. The van der Waals surface area contributed by atoms with Gasteiger partial charge in [-0.05, 0) is 38.3 Å². The second kappa shape index (κ2) is 4.51. The van der Waals surface area contributed by atoms with E-state index >= 15 is 0 Å². The maximum Gasteiger partial charge on any atom is 0.251 e. The van der Waals surface area contributed by atoms with Crippen LogP contribution in [0, 0.1) is 0 Å². The molecule has 4 heteroatoms. The van der Waals surface area contributed by atoms with Gasteiger partial charge >= 0.3 is 0 Å². The Labute approximate surface area is 114 Å². The molecule has 0 saturated heterocycles. The van der Waals surface area contributed by atoms with Crippen molar-refractivity contribution in [3.05, 3.63) is 23.4 Å². The predicted molar refractivity (Wildman–Crippen MR) is 77.1 cm³/mol. The van der Waals surface area contributed by atoms with E-state index in [2.05, 4.69) is 38.0 Å². The Morgan fingerprint density at radius 3 is 2.47 bits per heavy atom. The van der Waals surface area contributed by atoms with Gasteiger partial charge in [0.15, 0.2) is 0 Å². The van der Waals surface area contributed by atoms with Crippen LogP contribution in [0.1, 0.15) is 63.0 Å². The van der Waals surface area contributed by atoms with Crippen molar-refractivity contribution in [1.82, 2.24) is 10.3 Å². The number of pyridine rings is 1. The van der Waals surface area contributed by atoms with Crippen LogP contribution in [0.5, 0.6) is 0 Å². The molecule has 1 aliphatic rings. The molecular weight excluding hydrogens is 238 g/mol. The Hall–Kier alpha value is -1.58. The van der Waals surface area contributed by atoms with E-state index in [1.54, 1.807) is 6.07 Å². The number of nitrogens with one attached hydrogen (secondary N) is 1. The van der Waals surface area contributed by atoms with Crippen molar-refractivity contribution in [3.63, 3.8) is 0 Å². The summed E-state index contributed by atoms with van der Waals surface area (Å²) >= 11 is 0. The average molecular weight is 261 g/mol. The van der Waals surface area contributed by atoms with Gasteiger partial charge in [0.1, 0.15) is 5.82 Å². The number of nitrogens with two attached hydrogens (primary N) is 1. The second-order valence-electron chi connectivity index (χ2n) is 6.78. The average Bonchev–Trinajstić information content (AvgIpc) is 2.24. The SMILES string of the molecule is CC1(NC(=O)c2cc(N)nc(C(C)(C)C)c2)CCC1. The summed E-state index contributed by atoms with van der Waals surface area (Å²) in [6.45, 7) is 8.26. The molecule has 0 aromatic carbocycles. The summed E-state index contributed by atoms with van der Waals surface area (Å²) in [6, 6.07) is 3.49. The lowest BCUT2D eigenvalue weighted by Crippen LogP contribution is -2.51. The molecule has 2 rings (SSSR count). The second-order valence-corrected chi connectivity index (χ2v) is 6.78. The summed E-state index contributed by atoms with van der Waals surface area (Å²) in [5.74, 6) is 0.345. The van der Waals surface area contributed by atoms with Gasteiger partial charge in [-0.25, -0.2) is 4.98 Å². The lowest BCUT2D eigenvalue weighted by molar-refractivity contribution is 0.0850. The summed E-state index contributed by atoms with van der Waals surface area (Å²) in [5, 5.41) is 3.09. The van der Waals surface area contributed by atoms with E-state index in [4.69, 9.17) is 5.73 Å². The topological polar surface area (TPSA) is 68.0 Å². The summed E-state index contributed by atoms with van der Waals surface area (Å²) in [6.07, 6.45) is 3.28. The Morgan fingerprint density at radius 1 is 1.37 bits per heavy atom. The highest BCUT2D eigenvalue weighted by Gasteiger charge is 2.33. The largest absolute Gasteiger partial charge is 0.384 e. The number of carbonyl (C=O) groups is 1. The first-order valence-corrected chi connectivity index (χ1v) is 6.80. The Morgan fingerprint density at radius 2 is 2.00 bits per heavy atom. The van der Waals surface area contributed by atoms with Gasteiger partial charge in [-0.1, -0.05) is 20.8 Å². The molecule has 1 fully saturated rings. The molecule has 1 aromatic heterocycles. The van der Waals surface area contributed by atoms with Crippen LogP contribution in [0.15, 0.2) is 12.1 Å². The van der Waals surface area contributed by atoms with Crippen LogP contribution in [0.25, 0.3) is 0 Å². The Kier molecular flexibility index (Phi) is 3.29. The number of rotatable bonds is 2. The van der Waals surface area contributed by atoms with Crippen molar-refractivity contribution >= 4 is 11.7 Å². The van der Waals surface area contributed by atoms with Crippen LogP contribution in [0.2, 0.25) is 0 Å². The third-order valence-corrected chi connectivity index (χ3v) is 3.75. The van der Waals surface area contributed by atoms with Crippen molar-refractivity contribution in [1.29, 1.82) is 0 Å². The van der Waals surface area contributed by atoms with Gasteiger partial charge in [-0.2, -0.15) is 0 Å². The predicted octanol–water partition coefficient (Wildman–Crippen LogP) is 2.63. The molecule has 1 saturated carbocycles. The van der Waals surface area contributed by atoms with Crippen molar-refractivity contribution in [2.45, 2.75) is 57.9 Å². The zero-order valence-electron chi connectivity index (χ0n) is 12.2. The van der Waals surface area contributed by atoms with E-state index < -0.39 is 0 Å². The normalized spacial score (nSPS) is 17.7. The fourth-order valence-corrected chi connectivity index (χ4v) is 2.25. The van der Waals surface area contributed by atoms with E-state index in [1.165, 1.54) is 6.42 Å². The van der Waals surface area contributed by atoms with Gasteiger partial charge in [-0.3, -0.25) is 4.79 Å². The van der Waals surface area contributed by atoms with Crippen LogP contribution >= 0.6 is 0 Å². The lowest BCUT2D eigenvalue weighted by Gasteiger charge is -2.39. The molecule has 0 atom stereocenters. The molecule has 0 aliphatic heterocycles. The van der Waals surface area contributed by atoms with Crippen LogP contribution in [-0.4, -0.2) is 16.4 Å². The number of hydrogen-bond donors (Lipinski definition) is 2. The number of anilines is 1. The maximum atomic E-state index is 12.3. The molecular formula is C15H23N3O. The maximum absolute atomic E-state index is 12.3. The summed E-state index contributed by atoms with van der Waals surface area (Å²) in [5.41, 5.74) is 7.09. The van der Waals surface area contributed by atoms with Crippen molar-refractivity contribution in [3.8, 4) is 0 Å². The zero-order valence-corrected chi connectivity index (χ0v) is 12.2. The van der Waals surface area contributed by atoms with Crippen LogP contribution in [0.4, 0.5) is 5.82 Å². The molecule has 0 unspecified atom stereocenters. The van der Waals surface area contributed by atoms with Gasteiger partial charge in [0, 0.05) is 22.2 Å². The highest BCUT2D eigenvalue weighted by Crippen LogP contribution is 2.31. The molecule has 1 amide bonds. The van der Waals surface area contributed by atoms with E-state index in [0.29, 0.717) is 11.4 Å². The third kappa shape index (κ3) is 3.06. The summed E-state index contributed by atoms with van der Waals surface area (Å²) in [4.78, 5) is 16.6. The van der Waals surface area contributed by atoms with E-state index in [1.807, 2.05) is 6.07 Å². The zero-order chi connectivity index (χ0) is 14.3. The summed E-state index contributed by atoms with van der Waals surface area (Å²) < 4.78 is 0. The smallest absolute Gasteiger partial charge is 0.251 e. The Bertz CT molecular complexity index is 499. The van der Waals surface area contributed by atoms with E-state index in [0.717, 1.165) is 18.5 Å². The number of aromatic nitrogens is 1. The number of amides is 1. The molecule has 1 aliphatic carbocycles. The minimum absolute atomic E-state index is 0.0446. The van der Waals surface area contributed by atoms with Crippen molar-refractivity contribution in [2.24, 2.45) is 0 Å². The number of hydrogen-bond acceptors (Lipinski definition) is 3. The summed E-state index contributed by atoms with van der Waals surface area (Å²) in [7, 11) is 0. The highest BCUT2D eigenvalue weighted by molar-refractivity contribution is 5.95. The van der Waals surface area contributed by atoms with E-state index in [-0.39, 0.29) is 16.9 Å². The van der Waals surface area contributed by atoms with Gasteiger partial charge in [0.2, 0.25) is 0 Å². The molecule has 4 nitrogen and oxygen atoms in total. The first-order valence-electron chi connectivity index (χ1n) is 6.80. The molecule has 0 spiro atoms. The first kappa shape index (κ1) is 13.8. The van der Waals surface area contributed by atoms with Crippen molar-refractivity contribution < 1.29 is 4.79 Å². The minimum Gasteiger partial charge on any atom is -0.384 e. The van der Waals surface area contributed by atoms with Gasteiger partial charge in [0.05, 0.1) is 0 Å². The molecule has 104 valence electrons. The Balaban J connectivity index is 2.24. The fourth-order valence-electron chi connectivity index (χ4n) is 2.25. The number of carbonyl (C=O) groups excluding carboxylic acids is 1. The van der Waals surface area contributed by atoms with Crippen LogP contribution in [0.3, 0.4) is 0 Å². The highest BCUT2D eigenvalue weighted by atomic mass is 16.1. The van der Waals surface area contributed by atoms with Gasteiger partial charge in [-0.15, -0.1) is 0 Å². The molecule has 0 bridgehead atoms. The van der Waals surface area contributed by atoms with Gasteiger partial charge < -0.3 is 11.1 Å². The third-order valence-electron chi connectivity index (χ3n) is 3.75. The molecule has 1 heterocycles. The molecule has 1 aromatic rings. The molecule has 0 radical (unpaired) electrons.